The molecule has 0 radical (unpaired) electrons. The number of thiazole rings is 1. The fourth-order valence-electron chi connectivity index (χ4n) is 2.87. The number of amides is 2. The van der Waals surface area contributed by atoms with Crippen LogP contribution < -0.4 is 10.1 Å². The van der Waals surface area contributed by atoms with Gasteiger partial charge in [0.2, 0.25) is 0 Å². The minimum absolute atomic E-state index is 0.388. The summed E-state index contributed by atoms with van der Waals surface area (Å²) in [5, 5.41) is 4.83. The highest BCUT2D eigenvalue weighted by molar-refractivity contribution is 7.13. The molecule has 0 aliphatic carbocycles. The van der Waals surface area contributed by atoms with E-state index in [1.54, 1.807) is 18.4 Å². The van der Waals surface area contributed by atoms with E-state index in [0.717, 1.165) is 22.0 Å². The summed E-state index contributed by atoms with van der Waals surface area (Å²) >= 11 is 1.56. The number of alkyl halides is 3. The average Bonchev–Trinajstić information content (AvgIpc) is 3.14. The summed E-state index contributed by atoms with van der Waals surface area (Å²) in [7, 11) is 1.62. The summed E-state index contributed by atoms with van der Waals surface area (Å²) in [6.07, 6.45) is -4.40. The number of hydrogen-bond acceptors (Lipinski definition) is 5. The average molecular weight is 414 g/mol. The molecule has 0 unspecified atom stereocenters. The summed E-state index contributed by atoms with van der Waals surface area (Å²) in [6, 6.07) is 7.02. The van der Waals surface area contributed by atoms with Gasteiger partial charge >= 0.3 is 12.2 Å². The van der Waals surface area contributed by atoms with Gasteiger partial charge in [0.05, 0.1) is 12.8 Å². The van der Waals surface area contributed by atoms with Crippen molar-refractivity contribution in [1.82, 2.24) is 20.1 Å². The van der Waals surface area contributed by atoms with Crippen molar-refractivity contribution in [3.63, 3.8) is 0 Å². The molecular formula is C18H21F3N4O2S. The van der Waals surface area contributed by atoms with Crippen LogP contribution in [0.4, 0.5) is 18.0 Å². The number of rotatable bonds is 5. The van der Waals surface area contributed by atoms with Crippen LogP contribution in [-0.4, -0.2) is 66.8 Å². The molecule has 152 valence electrons. The summed E-state index contributed by atoms with van der Waals surface area (Å²) in [6.45, 7) is 1.30. The second-order valence-corrected chi connectivity index (χ2v) is 7.27. The predicted molar refractivity (Wildman–Crippen MR) is 100 cm³/mol. The van der Waals surface area contributed by atoms with Crippen LogP contribution in [-0.2, 0) is 6.54 Å². The number of halogens is 3. The molecule has 28 heavy (non-hydrogen) atoms. The molecule has 2 amide bonds. The normalized spacial score (nSPS) is 15.5. The Kier molecular flexibility index (Phi) is 6.40. The van der Waals surface area contributed by atoms with Crippen LogP contribution in [0.25, 0.3) is 10.6 Å². The largest absolute Gasteiger partial charge is 0.497 e. The summed E-state index contributed by atoms with van der Waals surface area (Å²) in [4.78, 5) is 20.0. The van der Waals surface area contributed by atoms with E-state index in [9.17, 15) is 18.0 Å². The first-order chi connectivity index (χ1) is 13.3. The summed E-state index contributed by atoms with van der Waals surface area (Å²) in [5.74, 6) is 0.790. The molecule has 3 rings (SSSR count). The maximum atomic E-state index is 12.2. The van der Waals surface area contributed by atoms with E-state index in [-0.39, 0.29) is 0 Å². The van der Waals surface area contributed by atoms with Gasteiger partial charge < -0.3 is 15.0 Å². The highest BCUT2D eigenvalue weighted by Crippen LogP contribution is 2.26. The van der Waals surface area contributed by atoms with Gasteiger partial charge in [0.1, 0.15) is 17.3 Å². The van der Waals surface area contributed by atoms with Crippen molar-refractivity contribution in [3.05, 3.63) is 35.3 Å². The molecular weight excluding hydrogens is 393 g/mol. The number of carbonyl (C=O) groups is 1. The van der Waals surface area contributed by atoms with Crippen LogP contribution in [0.2, 0.25) is 0 Å². The van der Waals surface area contributed by atoms with Gasteiger partial charge in [-0.15, -0.1) is 11.3 Å². The molecule has 1 aliphatic heterocycles. The number of hydrogen-bond donors (Lipinski definition) is 1. The first kappa shape index (κ1) is 20.4. The molecule has 2 heterocycles. The fraction of sp³-hybridized carbons (Fsp3) is 0.444. The van der Waals surface area contributed by atoms with Crippen molar-refractivity contribution in [2.24, 2.45) is 0 Å². The molecule has 1 aliphatic rings. The minimum atomic E-state index is -4.40. The van der Waals surface area contributed by atoms with E-state index in [2.05, 4.69) is 9.88 Å². The highest BCUT2D eigenvalue weighted by atomic mass is 32.1. The Hall–Kier alpha value is -2.33. The molecule has 0 spiro atoms. The van der Waals surface area contributed by atoms with Crippen LogP contribution in [0, 0.1) is 0 Å². The molecule has 0 bridgehead atoms. The second-order valence-electron chi connectivity index (χ2n) is 6.41. The quantitative estimate of drug-likeness (QED) is 0.816. The minimum Gasteiger partial charge on any atom is -0.497 e. The maximum absolute atomic E-state index is 12.2. The van der Waals surface area contributed by atoms with Crippen molar-refractivity contribution in [3.8, 4) is 16.3 Å². The van der Waals surface area contributed by atoms with E-state index < -0.39 is 18.8 Å². The molecule has 10 heteroatoms. The van der Waals surface area contributed by atoms with Crippen molar-refractivity contribution in [2.75, 3.05) is 39.8 Å². The van der Waals surface area contributed by atoms with E-state index in [1.165, 1.54) is 4.90 Å². The van der Waals surface area contributed by atoms with Gasteiger partial charge in [0.25, 0.3) is 0 Å². The molecule has 1 N–H and O–H groups in total. The number of piperazine rings is 1. The van der Waals surface area contributed by atoms with Gasteiger partial charge in [-0.05, 0) is 24.3 Å². The number of ether oxygens (including phenoxy) is 1. The molecule has 0 saturated carbocycles. The lowest BCUT2D eigenvalue weighted by atomic mass is 10.2. The number of methoxy groups -OCH3 is 1. The van der Waals surface area contributed by atoms with Crippen LogP contribution in [0.5, 0.6) is 5.75 Å². The fourth-order valence-corrected chi connectivity index (χ4v) is 3.69. The van der Waals surface area contributed by atoms with Gasteiger partial charge in [-0.2, -0.15) is 13.2 Å². The lowest BCUT2D eigenvalue weighted by Gasteiger charge is -2.34. The third-order valence-electron chi connectivity index (χ3n) is 4.37. The number of aromatic nitrogens is 1. The number of carbonyl (C=O) groups excluding carboxylic acids is 1. The molecule has 1 saturated heterocycles. The van der Waals surface area contributed by atoms with E-state index >= 15 is 0 Å². The zero-order chi connectivity index (χ0) is 20.1. The first-order valence-corrected chi connectivity index (χ1v) is 9.63. The lowest BCUT2D eigenvalue weighted by Crippen LogP contribution is -2.52. The Bertz CT molecular complexity index is 787. The molecule has 6 nitrogen and oxygen atoms in total. The van der Waals surface area contributed by atoms with Gasteiger partial charge in [-0.1, -0.05) is 0 Å². The zero-order valence-electron chi connectivity index (χ0n) is 15.3. The molecule has 1 aromatic carbocycles. The SMILES string of the molecule is COc1ccc(-c2nc(CN3CCN(C(=O)NCC(F)(F)F)CC3)cs2)cc1. The second kappa shape index (κ2) is 8.78. The Morgan fingerprint density at radius 2 is 1.89 bits per heavy atom. The predicted octanol–water partition coefficient (Wildman–Crippen LogP) is 3.21. The van der Waals surface area contributed by atoms with Gasteiger partial charge in [-0.3, -0.25) is 4.90 Å². The third kappa shape index (κ3) is 5.59. The monoisotopic (exact) mass is 414 g/mol. The zero-order valence-corrected chi connectivity index (χ0v) is 16.1. The van der Waals surface area contributed by atoms with Gasteiger partial charge in [-0.25, -0.2) is 9.78 Å². The van der Waals surface area contributed by atoms with E-state index in [4.69, 9.17) is 4.74 Å². The number of benzene rings is 1. The third-order valence-corrected chi connectivity index (χ3v) is 5.31. The highest BCUT2D eigenvalue weighted by Gasteiger charge is 2.29. The van der Waals surface area contributed by atoms with Crippen LogP contribution in [0.15, 0.2) is 29.6 Å². The Balaban J connectivity index is 1.48. The van der Waals surface area contributed by atoms with Crippen molar-refractivity contribution < 1.29 is 22.7 Å². The van der Waals surface area contributed by atoms with Gasteiger partial charge in [0, 0.05) is 43.7 Å². The van der Waals surface area contributed by atoms with Crippen LogP contribution in [0.1, 0.15) is 5.69 Å². The van der Waals surface area contributed by atoms with Crippen LogP contribution in [0.3, 0.4) is 0 Å². The lowest BCUT2D eigenvalue weighted by molar-refractivity contribution is -0.123. The van der Waals surface area contributed by atoms with Crippen molar-refractivity contribution in [1.29, 1.82) is 0 Å². The molecule has 0 atom stereocenters. The van der Waals surface area contributed by atoms with E-state index in [1.807, 2.05) is 35.0 Å². The maximum Gasteiger partial charge on any atom is 0.405 e. The van der Waals surface area contributed by atoms with Gasteiger partial charge in [0.15, 0.2) is 0 Å². The molecule has 1 fully saturated rings. The molecule has 1 aromatic heterocycles. The summed E-state index contributed by atoms with van der Waals surface area (Å²) < 4.78 is 41.7. The Morgan fingerprint density at radius 1 is 1.21 bits per heavy atom. The topological polar surface area (TPSA) is 57.7 Å². The van der Waals surface area contributed by atoms with Crippen LogP contribution >= 0.6 is 11.3 Å². The standard InChI is InChI=1S/C18H21F3N4O2S/c1-27-15-4-2-13(3-5-15)16-23-14(11-28-16)10-24-6-8-25(9-7-24)17(26)22-12-18(19,20)21/h2-5,11H,6-10,12H2,1H3,(H,22,26). The summed E-state index contributed by atoms with van der Waals surface area (Å²) in [5.41, 5.74) is 1.95. The number of nitrogens with one attached hydrogen (secondary N) is 1. The van der Waals surface area contributed by atoms with Crippen molar-refractivity contribution in [2.45, 2.75) is 12.7 Å². The smallest absolute Gasteiger partial charge is 0.405 e. The van der Waals surface area contributed by atoms with Crippen molar-refractivity contribution >= 4 is 17.4 Å². The Labute approximate surface area is 164 Å². The first-order valence-electron chi connectivity index (χ1n) is 8.75. The Morgan fingerprint density at radius 3 is 2.50 bits per heavy atom. The van der Waals surface area contributed by atoms with E-state index in [0.29, 0.717) is 32.7 Å². The number of urea groups is 1. The number of nitrogens with zero attached hydrogens (tertiary/aromatic N) is 3. The molecule has 2 aromatic rings.